The number of nitrogens with zero attached hydrogens (tertiary/aromatic N) is 3. The Kier molecular flexibility index (Phi) is 4.67. The zero-order valence-corrected chi connectivity index (χ0v) is 13.1. The molecule has 1 aromatic rings. The third kappa shape index (κ3) is 4.07. The first-order valence-corrected chi connectivity index (χ1v) is 7.66. The van der Waals surface area contributed by atoms with E-state index in [-0.39, 0.29) is 0 Å². The van der Waals surface area contributed by atoms with Crippen LogP contribution in [0.25, 0.3) is 0 Å². The minimum absolute atomic E-state index is 0.309. The maximum atomic E-state index is 6.15. The third-order valence-electron chi connectivity index (χ3n) is 3.44. The van der Waals surface area contributed by atoms with Crippen molar-refractivity contribution >= 4 is 17.4 Å². The smallest absolute Gasteiger partial charge is 0.135 e. The van der Waals surface area contributed by atoms with Crippen molar-refractivity contribution in [3.05, 3.63) is 17.0 Å². The summed E-state index contributed by atoms with van der Waals surface area (Å²) in [7, 11) is 0. The van der Waals surface area contributed by atoms with Crippen LogP contribution in [0.15, 0.2) is 6.07 Å². The van der Waals surface area contributed by atoms with Crippen LogP contribution in [0.5, 0.6) is 0 Å². The first kappa shape index (κ1) is 14.6. The molecule has 0 N–H and O–H groups in total. The second-order valence-corrected chi connectivity index (χ2v) is 6.56. The van der Waals surface area contributed by atoms with E-state index in [1.165, 1.54) is 19.3 Å². The summed E-state index contributed by atoms with van der Waals surface area (Å²) in [6.45, 7) is 9.79. The van der Waals surface area contributed by atoms with Gasteiger partial charge in [0.25, 0.3) is 0 Å². The summed E-state index contributed by atoms with van der Waals surface area (Å²) < 4.78 is 0. The highest BCUT2D eigenvalue weighted by molar-refractivity contribution is 6.29. The molecular weight excluding hydrogens is 258 g/mol. The van der Waals surface area contributed by atoms with Gasteiger partial charge in [-0.1, -0.05) is 39.3 Å². The Labute approximate surface area is 121 Å². The molecule has 1 aliphatic carbocycles. The topological polar surface area (TPSA) is 29.0 Å². The number of hydrogen-bond acceptors (Lipinski definition) is 3. The molecule has 1 fully saturated rings. The monoisotopic (exact) mass is 281 g/mol. The summed E-state index contributed by atoms with van der Waals surface area (Å²) in [6, 6.07) is 2.57. The zero-order valence-electron chi connectivity index (χ0n) is 12.4. The van der Waals surface area contributed by atoms with Gasteiger partial charge in [0.1, 0.15) is 16.8 Å². The lowest BCUT2D eigenvalue weighted by molar-refractivity contribution is 0.567. The molecule has 0 aliphatic heterocycles. The quantitative estimate of drug-likeness (QED) is 0.729. The van der Waals surface area contributed by atoms with Crippen LogP contribution in [-0.4, -0.2) is 22.6 Å². The molecule has 0 unspecified atom stereocenters. The molecule has 3 nitrogen and oxygen atoms in total. The van der Waals surface area contributed by atoms with Crippen LogP contribution in [-0.2, 0) is 0 Å². The van der Waals surface area contributed by atoms with E-state index < -0.39 is 0 Å². The van der Waals surface area contributed by atoms with Crippen molar-refractivity contribution in [1.29, 1.82) is 0 Å². The first-order chi connectivity index (χ1) is 8.97. The molecule has 0 radical (unpaired) electrons. The number of aromatic nitrogens is 2. The summed E-state index contributed by atoms with van der Waals surface area (Å²) in [5, 5.41) is 0.559. The van der Waals surface area contributed by atoms with Gasteiger partial charge in [0.2, 0.25) is 0 Å². The van der Waals surface area contributed by atoms with Crippen LogP contribution < -0.4 is 4.90 Å². The van der Waals surface area contributed by atoms with Crippen molar-refractivity contribution in [3.8, 4) is 0 Å². The van der Waals surface area contributed by atoms with Crippen LogP contribution in [0.3, 0.4) is 0 Å². The molecule has 19 heavy (non-hydrogen) atoms. The average molecular weight is 282 g/mol. The number of anilines is 1. The molecule has 1 saturated carbocycles. The second-order valence-electron chi connectivity index (χ2n) is 6.17. The van der Waals surface area contributed by atoms with Gasteiger partial charge in [0.15, 0.2) is 0 Å². The molecule has 0 saturated heterocycles. The van der Waals surface area contributed by atoms with Gasteiger partial charge in [0, 0.05) is 24.6 Å². The fraction of sp³-hybridized carbons (Fsp3) is 0.733. The molecule has 2 rings (SSSR count). The third-order valence-corrected chi connectivity index (χ3v) is 3.64. The molecule has 1 aliphatic rings. The Morgan fingerprint density at radius 2 is 1.95 bits per heavy atom. The molecule has 4 heteroatoms. The average Bonchev–Trinajstić information content (AvgIpc) is 3.12. The van der Waals surface area contributed by atoms with E-state index in [0.717, 1.165) is 18.2 Å². The molecular formula is C15H24ClN3. The summed E-state index contributed by atoms with van der Waals surface area (Å²) in [5.41, 5.74) is 0. The maximum absolute atomic E-state index is 6.15. The lowest BCUT2D eigenvalue weighted by Crippen LogP contribution is -2.29. The zero-order chi connectivity index (χ0) is 14.0. The Hall–Kier alpha value is -0.830. The van der Waals surface area contributed by atoms with E-state index in [2.05, 4.69) is 37.6 Å². The minimum atomic E-state index is 0.309. The van der Waals surface area contributed by atoms with E-state index in [0.29, 0.717) is 23.0 Å². The summed E-state index contributed by atoms with van der Waals surface area (Å²) in [5.74, 6) is 2.87. The minimum Gasteiger partial charge on any atom is -0.353 e. The van der Waals surface area contributed by atoms with E-state index in [1.807, 2.05) is 6.07 Å². The highest BCUT2D eigenvalue weighted by atomic mass is 35.5. The lowest BCUT2D eigenvalue weighted by Gasteiger charge is -2.25. The van der Waals surface area contributed by atoms with Crippen LogP contribution in [0, 0.1) is 5.92 Å². The number of rotatable bonds is 6. The Morgan fingerprint density at radius 1 is 1.26 bits per heavy atom. The Morgan fingerprint density at radius 3 is 2.47 bits per heavy atom. The predicted octanol–water partition coefficient (Wildman–Crippen LogP) is 4.27. The molecule has 0 bridgehead atoms. The number of halogens is 1. The normalized spacial score (nSPS) is 15.3. The van der Waals surface area contributed by atoms with Gasteiger partial charge in [-0.25, -0.2) is 9.97 Å². The standard InChI is InChI=1S/C15H24ClN3/c1-10(2)7-8-19(12-5-6-12)14-9-13(16)17-15(18-14)11(3)4/h9-12H,5-8H2,1-4H3. The van der Waals surface area contributed by atoms with Gasteiger partial charge in [-0.2, -0.15) is 0 Å². The number of hydrogen-bond donors (Lipinski definition) is 0. The van der Waals surface area contributed by atoms with Gasteiger partial charge in [-0.3, -0.25) is 0 Å². The van der Waals surface area contributed by atoms with Crippen molar-refractivity contribution in [3.63, 3.8) is 0 Å². The van der Waals surface area contributed by atoms with Crippen molar-refractivity contribution in [2.75, 3.05) is 11.4 Å². The second kappa shape index (κ2) is 6.08. The first-order valence-electron chi connectivity index (χ1n) is 7.28. The highest BCUT2D eigenvalue weighted by Gasteiger charge is 2.30. The molecule has 0 amide bonds. The van der Waals surface area contributed by atoms with E-state index in [1.54, 1.807) is 0 Å². The molecule has 106 valence electrons. The van der Waals surface area contributed by atoms with Gasteiger partial charge < -0.3 is 4.90 Å². The van der Waals surface area contributed by atoms with Crippen LogP contribution in [0.1, 0.15) is 58.7 Å². The summed E-state index contributed by atoms with van der Waals surface area (Å²) in [6.07, 6.45) is 3.74. The van der Waals surface area contributed by atoms with Crippen molar-refractivity contribution in [1.82, 2.24) is 9.97 Å². The molecule has 1 aromatic heterocycles. The van der Waals surface area contributed by atoms with Gasteiger partial charge in [-0.05, 0) is 25.2 Å². The highest BCUT2D eigenvalue weighted by Crippen LogP contribution is 2.32. The van der Waals surface area contributed by atoms with Crippen LogP contribution >= 0.6 is 11.6 Å². The Bertz CT molecular complexity index is 427. The van der Waals surface area contributed by atoms with Gasteiger partial charge in [0.05, 0.1) is 0 Å². The van der Waals surface area contributed by atoms with Crippen LogP contribution in [0.4, 0.5) is 5.82 Å². The summed E-state index contributed by atoms with van der Waals surface area (Å²) in [4.78, 5) is 11.4. The maximum Gasteiger partial charge on any atom is 0.135 e. The van der Waals surface area contributed by atoms with Crippen molar-refractivity contribution < 1.29 is 0 Å². The molecule has 0 spiro atoms. The van der Waals surface area contributed by atoms with Crippen LogP contribution in [0.2, 0.25) is 5.15 Å². The molecule has 0 aromatic carbocycles. The van der Waals surface area contributed by atoms with Crippen molar-refractivity contribution in [2.24, 2.45) is 5.92 Å². The largest absolute Gasteiger partial charge is 0.353 e. The fourth-order valence-electron chi connectivity index (χ4n) is 2.10. The predicted molar refractivity (Wildman–Crippen MR) is 81.0 cm³/mol. The van der Waals surface area contributed by atoms with Crippen molar-refractivity contribution in [2.45, 2.75) is 58.9 Å². The Balaban J connectivity index is 2.20. The van der Waals surface area contributed by atoms with E-state index in [9.17, 15) is 0 Å². The lowest BCUT2D eigenvalue weighted by atomic mass is 10.1. The SMILES string of the molecule is CC(C)CCN(c1cc(Cl)nc(C(C)C)n1)C1CC1. The van der Waals surface area contributed by atoms with Gasteiger partial charge in [-0.15, -0.1) is 0 Å². The van der Waals surface area contributed by atoms with E-state index >= 15 is 0 Å². The fourth-order valence-corrected chi connectivity index (χ4v) is 2.28. The molecule has 0 atom stereocenters. The summed E-state index contributed by atoms with van der Waals surface area (Å²) >= 11 is 6.15. The molecule has 1 heterocycles. The van der Waals surface area contributed by atoms with Gasteiger partial charge >= 0.3 is 0 Å². The van der Waals surface area contributed by atoms with E-state index in [4.69, 9.17) is 16.6 Å².